The Balaban J connectivity index is 1.59. The summed E-state index contributed by atoms with van der Waals surface area (Å²) in [7, 11) is 0. The van der Waals surface area contributed by atoms with Crippen molar-refractivity contribution in [1.82, 2.24) is 10.3 Å². The van der Waals surface area contributed by atoms with Crippen molar-refractivity contribution in [1.29, 1.82) is 0 Å². The lowest BCUT2D eigenvalue weighted by Gasteiger charge is -2.23. The maximum Gasteiger partial charge on any atom is 0.138 e. The molecule has 2 fully saturated rings. The largest absolute Gasteiger partial charge is 0.489 e. The van der Waals surface area contributed by atoms with Crippen molar-refractivity contribution in [3.63, 3.8) is 0 Å². The van der Waals surface area contributed by atoms with Gasteiger partial charge in [0.25, 0.3) is 0 Å². The molecule has 0 saturated carbocycles. The minimum Gasteiger partial charge on any atom is -0.489 e. The van der Waals surface area contributed by atoms with Crippen LogP contribution in [-0.2, 0) is 4.74 Å². The van der Waals surface area contributed by atoms with Crippen LogP contribution in [-0.4, -0.2) is 37.4 Å². The first-order chi connectivity index (χ1) is 9.90. The third kappa shape index (κ3) is 3.81. The molecule has 1 N–H and O–H groups in total. The number of nitrogens with one attached hydrogen (secondary N) is 1. The van der Waals surface area contributed by atoms with Crippen LogP contribution in [0.2, 0.25) is 0 Å². The molecule has 0 radical (unpaired) electrons. The van der Waals surface area contributed by atoms with Gasteiger partial charge in [0.1, 0.15) is 11.9 Å². The van der Waals surface area contributed by atoms with Crippen molar-refractivity contribution in [3.8, 4) is 5.75 Å². The molecular formula is C16H22N2O2. The topological polar surface area (TPSA) is 43.4 Å². The zero-order valence-electron chi connectivity index (χ0n) is 11.8. The predicted octanol–water partition coefficient (Wildman–Crippen LogP) is 2.26. The minimum atomic E-state index is 0.267. The fraction of sp³-hybridized carbons (Fsp3) is 0.562. The minimum absolute atomic E-state index is 0.267. The lowest BCUT2D eigenvalue weighted by atomic mass is 10.1. The van der Waals surface area contributed by atoms with Gasteiger partial charge in [-0.15, -0.1) is 0 Å². The molecule has 0 bridgehead atoms. The molecule has 3 rings (SSSR count). The van der Waals surface area contributed by atoms with Gasteiger partial charge in [-0.2, -0.15) is 0 Å². The molecule has 4 heteroatoms. The Labute approximate surface area is 120 Å². The van der Waals surface area contributed by atoms with E-state index in [1.54, 1.807) is 6.20 Å². The van der Waals surface area contributed by atoms with Crippen LogP contribution in [0.3, 0.4) is 0 Å². The monoisotopic (exact) mass is 274 g/mol. The van der Waals surface area contributed by atoms with Gasteiger partial charge < -0.3 is 14.8 Å². The van der Waals surface area contributed by atoms with E-state index >= 15 is 0 Å². The Morgan fingerprint density at radius 1 is 1.25 bits per heavy atom. The van der Waals surface area contributed by atoms with Crippen LogP contribution in [0.1, 0.15) is 24.8 Å². The number of pyridine rings is 1. The molecule has 1 aromatic rings. The Morgan fingerprint density at radius 3 is 2.95 bits per heavy atom. The van der Waals surface area contributed by atoms with E-state index in [2.05, 4.69) is 28.5 Å². The van der Waals surface area contributed by atoms with Gasteiger partial charge in [-0.25, -0.2) is 0 Å². The molecule has 1 atom stereocenters. The Kier molecular flexibility index (Phi) is 4.66. The van der Waals surface area contributed by atoms with E-state index in [-0.39, 0.29) is 6.10 Å². The van der Waals surface area contributed by atoms with Gasteiger partial charge in [-0.1, -0.05) is 12.2 Å². The standard InChI is InChI=1S/C16H22N2O2/c1(13-3-6-17-10-13)2-14-9-16(12-18-11-14)20-15-4-7-19-8-5-15/h1-2,9,11-13,15,17H,3-8,10H2. The highest BCUT2D eigenvalue weighted by Crippen LogP contribution is 2.19. The van der Waals surface area contributed by atoms with Crippen molar-refractivity contribution in [2.75, 3.05) is 26.3 Å². The molecule has 2 saturated heterocycles. The lowest BCUT2D eigenvalue weighted by Crippen LogP contribution is -2.25. The lowest BCUT2D eigenvalue weighted by molar-refractivity contribution is 0.0254. The maximum absolute atomic E-state index is 5.98. The third-order valence-corrected chi connectivity index (χ3v) is 3.86. The molecular weight excluding hydrogens is 252 g/mol. The van der Waals surface area contributed by atoms with E-state index in [4.69, 9.17) is 9.47 Å². The van der Waals surface area contributed by atoms with Gasteiger partial charge in [0.05, 0.1) is 19.4 Å². The highest BCUT2D eigenvalue weighted by atomic mass is 16.5. The Morgan fingerprint density at radius 2 is 2.15 bits per heavy atom. The number of hydrogen-bond donors (Lipinski definition) is 1. The fourth-order valence-corrected chi connectivity index (χ4v) is 2.67. The van der Waals surface area contributed by atoms with E-state index in [9.17, 15) is 0 Å². The molecule has 108 valence electrons. The van der Waals surface area contributed by atoms with Gasteiger partial charge in [-0.3, -0.25) is 4.98 Å². The number of rotatable bonds is 4. The predicted molar refractivity (Wildman–Crippen MR) is 78.7 cm³/mol. The van der Waals surface area contributed by atoms with Crippen LogP contribution in [0, 0.1) is 5.92 Å². The average Bonchev–Trinajstić information content (AvgIpc) is 3.00. The van der Waals surface area contributed by atoms with Gasteiger partial charge in [0, 0.05) is 25.6 Å². The van der Waals surface area contributed by atoms with Crippen LogP contribution in [0.25, 0.3) is 6.08 Å². The first kappa shape index (κ1) is 13.6. The van der Waals surface area contributed by atoms with E-state index in [1.807, 2.05) is 6.20 Å². The molecule has 0 aromatic carbocycles. The second kappa shape index (κ2) is 6.86. The molecule has 3 heterocycles. The van der Waals surface area contributed by atoms with Gasteiger partial charge in [-0.05, 0) is 30.5 Å². The highest BCUT2D eigenvalue weighted by molar-refractivity contribution is 5.50. The summed E-state index contributed by atoms with van der Waals surface area (Å²) in [6, 6.07) is 2.07. The molecule has 0 aliphatic carbocycles. The molecule has 4 nitrogen and oxygen atoms in total. The highest BCUT2D eigenvalue weighted by Gasteiger charge is 2.15. The van der Waals surface area contributed by atoms with Crippen molar-refractivity contribution >= 4 is 6.08 Å². The molecule has 1 aromatic heterocycles. The van der Waals surface area contributed by atoms with Crippen molar-refractivity contribution in [2.45, 2.75) is 25.4 Å². The van der Waals surface area contributed by atoms with Crippen molar-refractivity contribution < 1.29 is 9.47 Å². The first-order valence-electron chi connectivity index (χ1n) is 7.48. The summed E-state index contributed by atoms with van der Waals surface area (Å²) in [6.07, 6.45) is 11.5. The summed E-state index contributed by atoms with van der Waals surface area (Å²) < 4.78 is 11.3. The second-order valence-electron chi connectivity index (χ2n) is 5.50. The van der Waals surface area contributed by atoms with E-state index in [0.29, 0.717) is 5.92 Å². The van der Waals surface area contributed by atoms with Crippen molar-refractivity contribution in [3.05, 3.63) is 30.1 Å². The zero-order valence-corrected chi connectivity index (χ0v) is 11.8. The van der Waals surface area contributed by atoms with E-state index in [1.165, 1.54) is 6.42 Å². The molecule has 0 amide bonds. The molecule has 2 aliphatic heterocycles. The summed E-state index contributed by atoms with van der Waals surface area (Å²) in [5.74, 6) is 1.51. The second-order valence-corrected chi connectivity index (χ2v) is 5.50. The SMILES string of the molecule is C(=CC1CCNC1)c1cncc(OC2CCOCC2)c1. The normalized spacial score (nSPS) is 24.3. The molecule has 0 spiro atoms. The molecule has 1 unspecified atom stereocenters. The Bertz CT molecular complexity index is 450. The number of ether oxygens (including phenoxy) is 2. The van der Waals surface area contributed by atoms with Crippen LogP contribution in [0.4, 0.5) is 0 Å². The fourth-order valence-electron chi connectivity index (χ4n) is 2.67. The first-order valence-corrected chi connectivity index (χ1v) is 7.48. The summed E-state index contributed by atoms with van der Waals surface area (Å²) in [5, 5.41) is 3.37. The molecule has 20 heavy (non-hydrogen) atoms. The van der Waals surface area contributed by atoms with Crippen LogP contribution < -0.4 is 10.1 Å². The van der Waals surface area contributed by atoms with Crippen LogP contribution >= 0.6 is 0 Å². The van der Waals surface area contributed by atoms with Gasteiger partial charge >= 0.3 is 0 Å². The average molecular weight is 274 g/mol. The summed E-state index contributed by atoms with van der Waals surface area (Å²) in [4.78, 5) is 4.27. The number of hydrogen-bond acceptors (Lipinski definition) is 4. The number of aromatic nitrogens is 1. The third-order valence-electron chi connectivity index (χ3n) is 3.86. The summed E-state index contributed by atoms with van der Waals surface area (Å²) >= 11 is 0. The zero-order chi connectivity index (χ0) is 13.6. The summed E-state index contributed by atoms with van der Waals surface area (Å²) in [6.45, 7) is 3.81. The van der Waals surface area contributed by atoms with Gasteiger partial charge in [0.2, 0.25) is 0 Å². The summed E-state index contributed by atoms with van der Waals surface area (Å²) in [5.41, 5.74) is 1.11. The quantitative estimate of drug-likeness (QED) is 0.914. The smallest absolute Gasteiger partial charge is 0.138 e. The van der Waals surface area contributed by atoms with Crippen molar-refractivity contribution in [2.24, 2.45) is 5.92 Å². The van der Waals surface area contributed by atoms with Gasteiger partial charge in [0.15, 0.2) is 0 Å². The van der Waals surface area contributed by atoms with E-state index < -0.39 is 0 Å². The van der Waals surface area contributed by atoms with Crippen LogP contribution in [0.15, 0.2) is 24.5 Å². The Hall–Kier alpha value is -1.39. The van der Waals surface area contributed by atoms with Crippen LogP contribution in [0.5, 0.6) is 5.75 Å². The molecule has 2 aliphatic rings. The van der Waals surface area contributed by atoms with E-state index in [0.717, 1.165) is 50.5 Å². The maximum atomic E-state index is 5.98. The number of nitrogens with zero attached hydrogens (tertiary/aromatic N) is 1.